The molecule has 6 nitrogen and oxygen atoms in total. The predicted molar refractivity (Wildman–Crippen MR) is 290 cm³/mol. The van der Waals surface area contributed by atoms with Gasteiger partial charge in [0.2, 0.25) is 0 Å². The fourth-order valence-electron chi connectivity index (χ4n) is 9.12. The number of halogens is 1. The summed E-state index contributed by atoms with van der Waals surface area (Å²) in [7, 11) is -3.05. The van der Waals surface area contributed by atoms with E-state index in [2.05, 4.69) is 179 Å². The third-order valence-corrected chi connectivity index (χ3v) is 16.2. The Morgan fingerprint density at radius 3 is 1.00 bits per heavy atom. The van der Waals surface area contributed by atoms with Gasteiger partial charge in [-0.15, -0.1) is 11.6 Å². The van der Waals surface area contributed by atoms with Crippen LogP contribution in [0.2, 0.25) is 0 Å². The molecule has 0 unspecified atom stereocenters. The average Bonchev–Trinajstić information content (AvgIpc) is 3.23. The van der Waals surface area contributed by atoms with E-state index >= 15 is 0 Å². The van der Waals surface area contributed by atoms with Crippen LogP contribution in [0.1, 0.15) is 254 Å². The zero-order valence-corrected chi connectivity index (χ0v) is 51.1. The van der Waals surface area contributed by atoms with Crippen LogP contribution in [-0.4, -0.2) is 18.3 Å². The summed E-state index contributed by atoms with van der Waals surface area (Å²) in [4.78, 5) is 0. The summed E-state index contributed by atoms with van der Waals surface area (Å²) in [5, 5.41) is 0. The fraction of sp³-hybridized carbons (Fsp3) is 0.700. The molecule has 3 aromatic rings. The van der Waals surface area contributed by atoms with Crippen molar-refractivity contribution in [2.24, 2.45) is 0 Å². The molecule has 0 bridgehead atoms. The van der Waals surface area contributed by atoms with Crippen LogP contribution in [0.15, 0.2) is 48.5 Å². The summed E-state index contributed by atoms with van der Waals surface area (Å²) in [6.07, 6.45) is 20.3. The molecule has 3 aliphatic carbocycles. The Morgan fingerprint density at radius 2 is 0.700 bits per heavy atom. The quantitative estimate of drug-likeness (QED) is 0.102. The van der Waals surface area contributed by atoms with Gasteiger partial charge in [-0.2, -0.15) is 17.7 Å². The summed E-state index contributed by atoms with van der Waals surface area (Å²) in [6, 6.07) is 20.9. The maximum atomic E-state index is 6.88. The summed E-state index contributed by atoms with van der Waals surface area (Å²) in [6.45, 7) is 40.2. The van der Waals surface area contributed by atoms with Crippen molar-refractivity contribution in [1.29, 1.82) is 0 Å². The molecule has 6 rings (SSSR count). The molecule has 3 aliphatic rings. The van der Waals surface area contributed by atoms with Gasteiger partial charge in [0.1, 0.15) is 11.5 Å². The van der Waals surface area contributed by atoms with Crippen LogP contribution < -0.4 is 26.0 Å². The molecule has 10 heteroatoms. The van der Waals surface area contributed by atoms with Crippen LogP contribution >= 0.6 is 17.2 Å². The Hall–Kier alpha value is -1.25. The first-order valence-electron chi connectivity index (χ1n) is 26.5. The predicted octanol–water partition coefficient (Wildman–Crippen LogP) is 16.3. The minimum Gasteiger partial charge on any atom is -1.00 e. The summed E-state index contributed by atoms with van der Waals surface area (Å²) in [5.41, 5.74) is 6.62. The van der Waals surface area contributed by atoms with Crippen molar-refractivity contribution in [3.05, 3.63) is 88.0 Å². The third kappa shape index (κ3) is 19.5. The molecule has 0 heterocycles. The van der Waals surface area contributed by atoms with Crippen molar-refractivity contribution < 1.29 is 60.0 Å². The molecule has 0 spiro atoms. The zero-order chi connectivity index (χ0) is 50.3. The first-order chi connectivity index (χ1) is 31.5. The van der Waals surface area contributed by atoms with Crippen molar-refractivity contribution in [3.63, 3.8) is 0 Å². The SMILES string of the molecule is C1CCC(OP(OC2CCCCC2)OC2CCCCC2)CC1.CC(C)(C)c1c[c-]c(OP(Oc2ccc(C(C)(C)C)cc2C(C)(C)C)Oc2ccc(C(C)(C)C)cc2C(C)(C)C)c(C(C)(C)C)c1.[Cl-].[Pd+2]. The summed E-state index contributed by atoms with van der Waals surface area (Å²) >= 11 is 0. The van der Waals surface area contributed by atoms with Crippen LogP contribution in [0.5, 0.6) is 17.2 Å². The molecular weight excluding hydrogens is 1020 g/mol. The van der Waals surface area contributed by atoms with Gasteiger partial charge in [-0.1, -0.05) is 218 Å². The van der Waals surface area contributed by atoms with Gasteiger partial charge in [-0.3, -0.25) is 0 Å². The molecule has 0 atom stereocenters. The van der Waals surface area contributed by atoms with E-state index in [1.54, 1.807) is 0 Å². The summed E-state index contributed by atoms with van der Waals surface area (Å²) < 4.78 is 39.6. The Morgan fingerprint density at radius 1 is 0.386 bits per heavy atom. The van der Waals surface area contributed by atoms with E-state index in [1.165, 1.54) is 113 Å². The van der Waals surface area contributed by atoms with E-state index in [4.69, 9.17) is 27.1 Å². The second kappa shape index (κ2) is 26.5. The van der Waals surface area contributed by atoms with E-state index in [0.29, 0.717) is 24.1 Å². The maximum absolute atomic E-state index is 6.88. The van der Waals surface area contributed by atoms with Gasteiger partial charge >= 0.3 is 37.6 Å². The molecule has 0 amide bonds. The van der Waals surface area contributed by atoms with E-state index in [-0.39, 0.29) is 65.3 Å². The molecule has 0 aliphatic heterocycles. The van der Waals surface area contributed by atoms with Crippen molar-refractivity contribution in [1.82, 2.24) is 0 Å². The molecule has 3 fully saturated rings. The first-order valence-corrected chi connectivity index (χ1v) is 28.7. The molecule has 3 aromatic carbocycles. The number of rotatable bonds is 12. The van der Waals surface area contributed by atoms with Crippen molar-refractivity contribution in [2.45, 2.75) is 272 Å². The molecular formula is C60H95ClO6P2Pd. The van der Waals surface area contributed by atoms with Gasteiger partial charge in [0.25, 0.3) is 0 Å². The van der Waals surface area contributed by atoms with E-state index in [9.17, 15) is 0 Å². The Balaban J connectivity index is 0.000000450. The number of hydrogen-bond donors (Lipinski definition) is 0. The summed E-state index contributed by atoms with van der Waals surface area (Å²) in [5.74, 6) is 2.22. The van der Waals surface area contributed by atoms with Crippen LogP contribution in [0, 0.1) is 6.07 Å². The molecule has 398 valence electrons. The van der Waals surface area contributed by atoms with Gasteiger partial charge in [-0.25, -0.2) is 0 Å². The van der Waals surface area contributed by atoms with E-state index in [1.807, 2.05) is 0 Å². The number of benzene rings is 3. The second-order valence-electron chi connectivity index (χ2n) is 26.4. The van der Waals surface area contributed by atoms with Crippen LogP contribution in [0.25, 0.3) is 0 Å². The first kappa shape index (κ1) is 63.0. The molecule has 70 heavy (non-hydrogen) atoms. The maximum Gasteiger partial charge on any atom is 2.00 e. The normalized spacial score (nSPS) is 17.3. The van der Waals surface area contributed by atoms with Gasteiger partial charge in [0, 0.05) is 16.9 Å². The molecule has 0 radical (unpaired) electrons. The zero-order valence-electron chi connectivity index (χ0n) is 47.0. The second-order valence-corrected chi connectivity index (χ2v) is 28.4. The van der Waals surface area contributed by atoms with Crippen LogP contribution in [0.4, 0.5) is 0 Å². The van der Waals surface area contributed by atoms with Crippen molar-refractivity contribution >= 4 is 17.2 Å². The van der Waals surface area contributed by atoms with Gasteiger partial charge in [-0.05, 0) is 83.4 Å². The van der Waals surface area contributed by atoms with Crippen molar-refractivity contribution in [2.75, 3.05) is 0 Å². The average molecular weight is 1120 g/mol. The molecule has 0 N–H and O–H groups in total. The van der Waals surface area contributed by atoms with Crippen LogP contribution in [0.3, 0.4) is 0 Å². The third-order valence-electron chi connectivity index (χ3n) is 13.8. The van der Waals surface area contributed by atoms with E-state index in [0.717, 1.165) is 28.2 Å². The molecule has 3 saturated carbocycles. The smallest absolute Gasteiger partial charge is 1.00 e. The minimum atomic E-state index is -1.92. The largest absolute Gasteiger partial charge is 2.00 e. The van der Waals surface area contributed by atoms with Gasteiger partial charge in [0.05, 0.1) is 18.3 Å². The minimum absolute atomic E-state index is 0. The topological polar surface area (TPSA) is 55.4 Å². The number of hydrogen-bond acceptors (Lipinski definition) is 6. The van der Waals surface area contributed by atoms with Crippen molar-refractivity contribution in [3.8, 4) is 17.2 Å². The Bertz CT molecular complexity index is 1800. The molecule has 0 aromatic heterocycles. The van der Waals surface area contributed by atoms with Gasteiger partial charge in [0.15, 0.2) is 0 Å². The monoisotopic (exact) mass is 1110 g/mol. The molecule has 0 saturated heterocycles. The standard InChI is InChI=1S/C42H62O3P.C18H33O3P.ClH.Pd/c1-37(2,3)28-19-22-34(31(25-28)40(10,11)12)43-46(44-35-23-20-29(38(4,5)6)26-32(35)41(13,14)15)45-36-24-21-30(39(7,8)9)27-33(36)42(16,17)18;1-4-10-16(11-5-1)19-22(20-17-12-6-2-7-13-17)21-18-14-8-3-9-15-18;;/h19-23,25-27H,1-18H3;16-18H,1-15H2;1H;/q-1;;;+2/p-1. The Kier molecular flexibility index (Phi) is 23.9. The Labute approximate surface area is 451 Å². The fourth-order valence-corrected chi connectivity index (χ4v) is 11.7. The van der Waals surface area contributed by atoms with E-state index < -0.39 is 17.2 Å². The van der Waals surface area contributed by atoms with Crippen LogP contribution in [-0.2, 0) is 66.5 Å². The van der Waals surface area contributed by atoms with Gasteiger partial charge < -0.3 is 39.5 Å².